The molecular formula is C24H17ClN2O5. The average Bonchev–Trinajstić information content (AvgIpc) is 3.09. The SMILES string of the molecule is CC(=O)c1ccc2c(c1)oc(=O)n2CC(=O)Nc1ccc(Cl)cc1C(=O)c1ccccc1. The number of fused-ring (bicyclic) bond motifs is 1. The maximum atomic E-state index is 12.9. The Hall–Kier alpha value is -3.97. The molecule has 0 bridgehead atoms. The van der Waals surface area contributed by atoms with E-state index in [1.165, 1.54) is 25.1 Å². The number of nitrogens with zero attached hydrogens (tertiary/aromatic N) is 1. The summed E-state index contributed by atoms with van der Waals surface area (Å²) in [6, 6.07) is 17.8. The molecule has 1 amide bonds. The van der Waals surface area contributed by atoms with Gasteiger partial charge in [0.05, 0.1) is 11.2 Å². The van der Waals surface area contributed by atoms with Crippen LogP contribution in [0.3, 0.4) is 0 Å². The van der Waals surface area contributed by atoms with Gasteiger partial charge in [0, 0.05) is 21.7 Å². The molecule has 160 valence electrons. The van der Waals surface area contributed by atoms with Crippen molar-refractivity contribution < 1.29 is 18.8 Å². The second-order valence-corrected chi connectivity index (χ2v) is 7.56. The van der Waals surface area contributed by atoms with Crippen LogP contribution in [-0.4, -0.2) is 22.0 Å². The van der Waals surface area contributed by atoms with Gasteiger partial charge >= 0.3 is 5.76 Å². The van der Waals surface area contributed by atoms with Crippen molar-refractivity contribution >= 4 is 45.9 Å². The number of anilines is 1. The van der Waals surface area contributed by atoms with Crippen LogP contribution >= 0.6 is 11.6 Å². The van der Waals surface area contributed by atoms with Crippen molar-refractivity contribution in [2.45, 2.75) is 13.5 Å². The number of benzene rings is 3. The summed E-state index contributed by atoms with van der Waals surface area (Å²) in [4.78, 5) is 49.5. The fraction of sp³-hybridized carbons (Fsp3) is 0.0833. The van der Waals surface area contributed by atoms with E-state index in [2.05, 4.69) is 5.32 Å². The number of halogens is 1. The Bertz CT molecular complexity index is 1420. The zero-order chi connectivity index (χ0) is 22.8. The van der Waals surface area contributed by atoms with Crippen LogP contribution in [-0.2, 0) is 11.3 Å². The number of hydrogen-bond donors (Lipinski definition) is 1. The number of ketones is 2. The zero-order valence-electron chi connectivity index (χ0n) is 16.9. The maximum Gasteiger partial charge on any atom is 0.420 e. The van der Waals surface area contributed by atoms with Crippen LogP contribution in [0, 0.1) is 0 Å². The van der Waals surface area contributed by atoms with E-state index in [4.69, 9.17) is 16.0 Å². The van der Waals surface area contributed by atoms with Gasteiger partial charge in [0.15, 0.2) is 17.1 Å². The highest BCUT2D eigenvalue weighted by Crippen LogP contribution is 2.24. The molecule has 7 nitrogen and oxygen atoms in total. The standard InChI is InChI=1S/C24H17ClN2O5/c1-14(28)16-7-10-20-21(11-16)32-24(31)27(20)13-22(29)26-19-9-8-17(25)12-18(19)23(30)15-5-3-2-4-6-15/h2-12H,13H2,1H3,(H,26,29). The van der Waals surface area contributed by atoms with Crippen molar-refractivity contribution in [3.05, 3.63) is 99.0 Å². The smallest absolute Gasteiger partial charge is 0.408 e. The van der Waals surface area contributed by atoms with E-state index >= 15 is 0 Å². The third-order valence-electron chi connectivity index (χ3n) is 4.91. The van der Waals surface area contributed by atoms with Crippen LogP contribution in [0.4, 0.5) is 5.69 Å². The number of nitrogens with one attached hydrogen (secondary N) is 1. The van der Waals surface area contributed by atoms with Crippen LogP contribution in [0.2, 0.25) is 5.02 Å². The third-order valence-corrected chi connectivity index (χ3v) is 5.15. The van der Waals surface area contributed by atoms with Gasteiger partial charge in [-0.25, -0.2) is 4.79 Å². The van der Waals surface area contributed by atoms with Gasteiger partial charge in [-0.1, -0.05) is 41.9 Å². The van der Waals surface area contributed by atoms with Gasteiger partial charge in [-0.05, 0) is 43.3 Å². The molecule has 0 saturated carbocycles. The van der Waals surface area contributed by atoms with Crippen molar-refractivity contribution in [2.24, 2.45) is 0 Å². The van der Waals surface area contributed by atoms with Gasteiger partial charge in [-0.2, -0.15) is 0 Å². The number of rotatable bonds is 6. The Morgan fingerprint density at radius 1 is 0.969 bits per heavy atom. The molecule has 0 aliphatic carbocycles. The second-order valence-electron chi connectivity index (χ2n) is 7.13. The maximum absolute atomic E-state index is 12.9. The molecule has 0 saturated heterocycles. The average molecular weight is 449 g/mol. The first-order valence-corrected chi connectivity index (χ1v) is 10.0. The molecule has 1 N–H and O–H groups in total. The van der Waals surface area contributed by atoms with E-state index in [0.717, 1.165) is 4.57 Å². The first kappa shape index (κ1) is 21.3. The molecular weight excluding hydrogens is 432 g/mol. The second kappa shape index (κ2) is 8.64. The topological polar surface area (TPSA) is 98.4 Å². The Morgan fingerprint density at radius 3 is 2.44 bits per heavy atom. The number of oxazole rings is 1. The van der Waals surface area contributed by atoms with Gasteiger partial charge in [0.25, 0.3) is 0 Å². The highest BCUT2D eigenvalue weighted by atomic mass is 35.5. The predicted octanol–water partition coefficient (Wildman–Crippen LogP) is 4.32. The molecule has 0 aliphatic heterocycles. The van der Waals surface area contributed by atoms with Gasteiger partial charge in [-0.3, -0.25) is 19.0 Å². The van der Waals surface area contributed by atoms with Crippen molar-refractivity contribution in [3.8, 4) is 0 Å². The van der Waals surface area contributed by atoms with Crippen LogP contribution < -0.4 is 11.1 Å². The van der Waals surface area contributed by atoms with Crippen LogP contribution in [0.1, 0.15) is 33.2 Å². The Balaban J connectivity index is 1.62. The van der Waals surface area contributed by atoms with Gasteiger partial charge in [0.2, 0.25) is 5.91 Å². The largest absolute Gasteiger partial charge is 0.420 e. The summed E-state index contributed by atoms with van der Waals surface area (Å²) in [6.45, 7) is 1.07. The molecule has 0 spiro atoms. The minimum atomic E-state index is -0.729. The van der Waals surface area contributed by atoms with Crippen molar-refractivity contribution in [2.75, 3.05) is 5.32 Å². The van der Waals surface area contributed by atoms with Gasteiger partial charge in [-0.15, -0.1) is 0 Å². The molecule has 32 heavy (non-hydrogen) atoms. The summed E-state index contributed by atoms with van der Waals surface area (Å²) < 4.78 is 6.34. The summed E-state index contributed by atoms with van der Waals surface area (Å²) in [5, 5.41) is 3.02. The summed E-state index contributed by atoms with van der Waals surface area (Å²) >= 11 is 6.07. The number of Topliss-reactive ketones (excluding diaryl/α,β-unsaturated/α-hetero) is 1. The van der Waals surface area contributed by atoms with E-state index in [1.54, 1.807) is 48.5 Å². The number of hydrogen-bond acceptors (Lipinski definition) is 5. The molecule has 0 unspecified atom stereocenters. The number of aromatic nitrogens is 1. The summed E-state index contributed by atoms with van der Waals surface area (Å²) in [6.07, 6.45) is 0. The molecule has 0 fully saturated rings. The molecule has 0 radical (unpaired) electrons. The molecule has 0 aliphatic rings. The molecule has 0 atom stereocenters. The van der Waals surface area contributed by atoms with E-state index in [1.807, 2.05) is 0 Å². The highest BCUT2D eigenvalue weighted by molar-refractivity contribution is 6.31. The van der Waals surface area contributed by atoms with Gasteiger partial charge in [0.1, 0.15) is 6.54 Å². The lowest BCUT2D eigenvalue weighted by molar-refractivity contribution is -0.116. The van der Waals surface area contributed by atoms with Crippen molar-refractivity contribution in [3.63, 3.8) is 0 Å². The lowest BCUT2D eigenvalue weighted by Gasteiger charge is -2.11. The van der Waals surface area contributed by atoms with Crippen molar-refractivity contribution in [1.82, 2.24) is 4.57 Å². The summed E-state index contributed by atoms with van der Waals surface area (Å²) in [7, 11) is 0. The number of carbonyl (C=O) groups is 3. The summed E-state index contributed by atoms with van der Waals surface area (Å²) in [5.41, 5.74) is 1.94. The van der Waals surface area contributed by atoms with Crippen LogP contribution in [0.5, 0.6) is 0 Å². The Kier molecular flexibility index (Phi) is 5.75. The fourth-order valence-corrected chi connectivity index (χ4v) is 3.50. The first-order chi connectivity index (χ1) is 15.3. The zero-order valence-corrected chi connectivity index (χ0v) is 17.7. The normalized spacial score (nSPS) is 10.8. The van der Waals surface area contributed by atoms with Crippen LogP contribution in [0.25, 0.3) is 11.1 Å². The van der Waals surface area contributed by atoms with Crippen LogP contribution in [0.15, 0.2) is 75.9 Å². The number of amides is 1. The Morgan fingerprint density at radius 2 is 1.72 bits per heavy atom. The fourth-order valence-electron chi connectivity index (χ4n) is 3.33. The van der Waals surface area contributed by atoms with E-state index in [0.29, 0.717) is 21.7 Å². The minimum absolute atomic E-state index is 0.168. The first-order valence-electron chi connectivity index (χ1n) is 9.67. The lowest BCUT2D eigenvalue weighted by atomic mass is 10.0. The van der Waals surface area contributed by atoms with Gasteiger partial charge < -0.3 is 9.73 Å². The minimum Gasteiger partial charge on any atom is -0.408 e. The highest BCUT2D eigenvalue weighted by Gasteiger charge is 2.18. The van der Waals surface area contributed by atoms with Crippen molar-refractivity contribution in [1.29, 1.82) is 0 Å². The lowest BCUT2D eigenvalue weighted by Crippen LogP contribution is -2.25. The molecule has 1 heterocycles. The molecule has 1 aromatic heterocycles. The number of carbonyl (C=O) groups excluding carboxylic acids is 3. The third kappa shape index (κ3) is 4.24. The molecule has 8 heteroatoms. The molecule has 4 rings (SSSR count). The molecule has 3 aromatic carbocycles. The monoisotopic (exact) mass is 448 g/mol. The Labute approximate surface area is 187 Å². The predicted molar refractivity (Wildman–Crippen MR) is 120 cm³/mol. The molecule has 4 aromatic rings. The summed E-state index contributed by atoms with van der Waals surface area (Å²) in [5.74, 6) is -1.73. The quantitative estimate of drug-likeness (QED) is 0.443. The van der Waals surface area contributed by atoms with E-state index in [-0.39, 0.29) is 34.9 Å². The van der Waals surface area contributed by atoms with E-state index < -0.39 is 11.7 Å². The van der Waals surface area contributed by atoms with E-state index in [9.17, 15) is 19.2 Å².